The maximum atomic E-state index is 12.5. The average molecular weight is 318 g/mol. The third-order valence-corrected chi connectivity index (χ3v) is 5.52. The number of rotatable bonds is 2. The van der Waals surface area contributed by atoms with Gasteiger partial charge in [0.2, 0.25) is 5.91 Å². The highest BCUT2D eigenvalue weighted by atomic mass is 35.5. The van der Waals surface area contributed by atoms with Gasteiger partial charge < -0.3 is 9.88 Å². The van der Waals surface area contributed by atoms with Crippen molar-refractivity contribution in [2.75, 3.05) is 13.1 Å². The third-order valence-electron chi connectivity index (χ3n) is 5.09. The molecule has 2 atom stereocenters. The van der Waals surface area contributed by atoms with E-state index >= 15 is 0 Å². The molecule has 4 rings (SSSR count). The summed E-state index contributed by atoms with van der Waals surface area (Å²) in [7, 11) is 0. The van der Waals surface area contributed by atoms with Crippen molar-refractivity contribution in [3.63, 3.8) is 0 Å². The summed E-state index contributed by atoms with van der Waals surface area (Å²) in [5.74, 6) is 0.265. The fourth-order valence-corrected chi connectivity index (χ4v) is 4.09. The Balaban J connectivity index is 1.61. The first-order valence-electron chi connectivity index (χ1n) is 7.95. The quantitative estimate of drug-likeness (QED) is 0.925. The monoisotopic (exact) mass is 317 g/mol. The summed E-state index contributed by atoms with van der Waals surface area (Å²) in [5.41, 5.74) is 2.06. The highest BCUT2D eigenvalue weighted by molar-refractivity contribution is 6.36. The Morgan fingerprint density at radius 2 is 2.18 bits per heavy atom. The van der Waals surface area contributed by atoms with Crippen LogP contribution in [0.4, 0.5) is 0 Å². The number of aromatic amines is 1. The molecule has 1 aromatic heterocycles. The largest absolute Gasteiger partial charge is 0.356 e. The van der Waals surface area contributed by atoms with E-state index in [-0.39, 0.29) is 11.9 Å². The molecule has 2 aliphatic rings. The van der Waals surface area contributed by atoms with Crippen molar-refractivity contribution in [1.29, 1.82) is 0 Å². The summed E-state index contributed by atoms with van der Waals surface area (Å²) in [5, 5.41) is 1.83. The van der Waals surface area contributed by atoms with Crippen molar-refractivity contribution in [1.82, 2.24) is 14.8 Å². The van der Waals surface area contributed by atoms with Gasteiger partial charge in [0.25, 0.3) is 0 Å². The van der Waals surface area contributed by atoms with Crippen LogP contribution >= 0.6 is 11.6 Å². The lowest BCUT2D eigenvalue weighted by Gasteiger charge is -2.41. The molecule has 1 aromatic carbocycles. The Hall–Kier alpha value is -1.52. The fourth-order valence-electron chi connectivity index (χ4n) is 3.82. The van der Waals surface area contributed by atoms with Crippen molar-refractivity contribution < 1.29 is 4.79 Å². The van der Waals surface area contributed by atoms with Crippen LogP contribution in [0.1, 0.15) is 25.5 Å². The van der Waals surface area contributed by atoms with Crippen LogP contribution in [0.15, 0.2) is 24.3 Å². The molecule has 1 N–H and O–H groups in total. The molecular weight excluding hydrogens is 298 g/mol. The van der Waals surface area contributed by atoms with Gasteiger partial charge in [-0.2, -0.15) is 0 Å². The number of hydrogen-bond donors (Lipinski definition) is 1. The third kappa shape index (κ3) is 2.13. The van der Waals surface area contributed by atoms with E-state index in [1.807, 2.05) is 31.2 Å². The lowest BCUT2D eigenvalue weighted by molar-refractivity contribution is -0.143. The lowest BCUT2D eigenvalue weighted by Crippen LogP contribution is -2.58. The molecule has 5 heteroatoms. The smallest absolute Gasteiger partial charge is 0.239 e. The van der Waals surface area contributed by atoms with E-state index in [1.165, 1.54) is 0 Å². The van der Waals surface area contributed by atoms with E-state index in [1.54, 1.807) is 0 Å². The summed E-state index contributed by atoms with van der Waals surface area (Å²) >= 11 is 6.52. The maximum absolute atomic E-state index is 12.5. The van der Waals surface area contributed by atoms with Crippen molar-refractivity contribution >= 4 is 28.4 Å². The minimum Gasteiger partial charge on any atom is -0.356 e. The molecule has 0 saturated carbocycles. The number of nitrogens with zero attached hydrogens (tertiary/aromatic N) is 2. The SMILES string of the molecule is C[C@H]1C(=O)N2CCC[C@H]2CN1Cc1[nH]c2ccccc2c1Cl. The van der Waals surface area contributed by atoms with Gasteiger partial charge >= 0.3 is 0 Å². The molecule has 1 amide bonds. The number of carbonyl (C=O) groups excluding carboxylic acids is 1. The number of hydrogen-bond acceptors (Lipinski definition) is 2. The van der Waals surface area contributed by atoms with E-state index < -0.39 is 0 Å². The zero-order valence-corrected chi connectivity index (χ0v) is 13.4. The number of H-pyrrole nitrogens is 1. The highest BCUT2D eigenvalue weighted by Gasteiger charge is 2.40. The number of aromatic nitrogens is 1. The van der Waals surface area contributed by atoms with Gasteiger partial charge in [-0.05, 0) is 25.8 Å². The normalized spacial score (nSPS) is 25.9. The second-order valence-electron chi connectivity index (χ2n) is 6.40. The van der Waals surface area contributed by atoms with E-state index in [9.17, 15) is 4.79 Å². The molecule has 2 saturated heterocycles. The molecule has 2 aromatic rings. The van der Waals surface area contributed by atoms with Crippen LogP contribution in [0.5, 0.6) is 0 Å². The fraction of sp³-hybridized carbons (Fsp3) is 0.471. The zero-order chi connectivity index (χ0) is 15.3. The number of para-hydroxylation sites is 1. The van der Waals surface area contributed by atoms with Gasteiger partial charge in [0.05, 0.1) is 11.1 Å². The molecule has 0 aliphatic carbocycles. The topological polar surface area (TPSA) is 39.3 Å². The number of piperazine rings is 1. The number of nitrogens with one attached hydrogen (secondary N) is 1. The van der Waals surface area contributed by atoms with Crippen LogP contribution in [0.2, 0.25) is 5.02 Å². The Morgan fingerprint density at radius 1 is 1.36 bits per heavy atom. The van der Waals surface area contributed by atoms with Crippen molar-refractivity contribution in [2.24, 2.45) is 0 Å². The first-order chi connectivity index (χ1) is 10.6. The van der Waals surface area contributed by atoms with Crippen LogP contribution in [-0.4, -0.2) is 45.9 Å². The minimum absolute atomic E-state index is 0.0724. The Morgan fingerprint density at radius 3 is 3.00 bits per heavy atom. The second-order valence-corrected chi connectivity index (χ2v) is 6.77. The van der Waals surface area contributed by atoms with Gasteiger partial charge in [0, 0.05) is 42.3 Å². The van der Waals surface area contributed by atoms with E-state index in [4.69, 9.17) is 11.6 Å². The number of halogens is 1. The molecule has 3 heterocycles. The van der Waals surface area contributed by atoms with E-state index in [2.05, 4.69) is 14.8 Å². The first-order valence-corrected chi connectivity index (χ1v) is 8.32. The molecule has 22 heavy (non-hydrogen) atoms. The standard InChI is InChI=1S/C17H20ClN3O/c1-11-17(22)21-8-4-5-12(21)9-20(11)10-15-16(18)13-6-2-3-7-14(13)19-15/h2-3,6-7,11-12,19H,4-5,8-10H2,1H3/t11-,12-/m0/s1. The van der Waals surface area contributed by atoms with E-state index in [0.29, 0.717) is 12.6 Å². The van der Waals surface area contributed by atoms with Crippen LogP contribution in [-0.2, 0) is 11.3 Å². The maximum Gasteiger partial charge on any atom is 0.239 e. The molecule has 0 spiro atoms. The van der Waals surface area contributed by atoms with Gasteiger partial charge in [0.15, 0.2) is 0 Å². The molecule has 0 unspecified atom stereocenters. The summed E-state index contributed by atoms with van der Waals surface area (Å²) in [6.45, 7) is 4.58. The van der Waals surface area contributed by atoms with Crippen molar-refractivity contribution in [3.8, 4) is 0 Å². The van der Waals surface area contributed by atoms with Crippen LogP contribution in [0.3, 0.4) is 0 Å². The minimum atomic E-state index is -0.0724. The predicted octanol–water partition coefficient (Wildman–Crippen LogP) is 3.02. The summed E-state index contributed by atoms with van der Waals surface area (Å²) < 4.78 is 0. The van der Waals surface area contributed by atoms with Crippen molar-refractivity contribution in [3.05, 3.63) is 35.0 Å². The molecular formula is C17H20ClN3O. The predicted molar refractivity (Wildman–Crippen MR) is 87.9 cm³/mol. The molecule has 2 fully saturated rings. The summed E-state index contributed by atoms with van der Waals surface area (Å²) in [6, 6.07) is 8.37. The zero-order valence-electron chi connectivity index (χ0n) is 12.7. The summed E-state index contributed by atoms with van der Waals surface area (Å²) in [6.07, 6.45) is 2.25. The molecule has 0 radical (unpaired) electrons. The molecule has 116 valence electrons. The van der Waals surface area contributed by atoms with Crippen LogP contribution < -0.4 is 0 Å². The van der Waals surface area contributed by atoms with E-state index in [0.717, 1.165) is 47.6 Å². The Bertz CT molecular complexity index is 726. The van der Waals surface area contributed by atoms with Gasteiger partial charge in [0.1, 0.15) is 0 Å². The number of benzene rings is 1. The molecule has 0 bridgehead atoms. The number of fused-ring (bicyclic) bond motifs is 2. The van der Waals surface area contributed by atoms with Gasteiger partial charge in [-0.15, -0.1) is 0 Å². The second kappa shape index (κ2) is 5.28. The average Bonchev–Trinajstić information content (AvgIpc) is 3.11. The molecule has 4 nitrogen and oxygen atoms in total. The van der Waals surface area contributed by atoms with Crippen molar-refractivity contribution in [2.45, 2.75) is 38.4 Å². The van der Waals surface area contributed by atoms with Crippen LogP contribution in [0.25, 0.3) is 10.9 Å². The Kier molecular flexibility index (Phi) is 3.39. The summed E-state index contributed by atoms with van der Waals surface area (Å²) in [4.78, 5) is 20.2. The van der Waals surface area contributed by atoms with Gasteiger partial charge in [-0.1, -0.05) is 29.8 Å². The lowest BCUT2D eigenvalue weighted by atomic mass is 10.1. The molecule has 2 aliphatic heterocycles. The first kappa shape index (κ1) is 14.1. The van der Waals surface area contributed by atoms with Crippen LogP contribution in [0, 0.1) is 0 Å². The Labute approximate surface area is 135 Å². The number of amides is 1. The van der Waals surface area contributed by atoms with Gasteiger partial charge in [-0.25, -0.2) is 0 Å². The van der Waals surface area contributed by atoms with Gasteiger partial charge in [-0.3, -0.25) is 9.69 Å². The highest BCUT2D eigenvalue weighted by Crippen LogP contribution is 2.31. The number of carbonyl (C=O) groups is 1.